The molecular weight excluding hydrogens is 695 g/mol. The quantitative estimate of drug-likeness (QED) is 0.182. The highest BCUT2D eigenvalue weighted by Crippen LogP contribution is 2.42. The van der Waals surface area contributed by atoms with Crippen LogP contribution in [0.2, 0.25) is 10.0 Å². The van der Waals surface area contributed by atoms with Gasteiger partial charge in [-0.2, -0.15) is 8.78 Å². The first-order chi connectivity index (χ1) is 22.2. The molecule has 3 heterocycles. The molecule has 0 spiro atoms. The average Bonchev–Trinajstić information content (AvgIpc) is 3.31. The van der Waals surface area contributed by atoms with Crippen LogP contribution >= 0.6 is 46.6 Å². The van der Waals surface area contributed by atoms with Gasteiger partial charge in [0.15, 0.2) is 6.29 Å². The largest absolute Gasteiger partial charge is 0.495 e. The van der Waals surface area contributed by atoms with E-state index in [0.29, 0.717) is 10.9 Å². The van der Waals surface area contributed by atoms with Crippen LogP contribution in [0.3, 0.4) is 0 Å². The summed E-state index contributed by atoms with van der Waals surface area (Å²) in [6.45, 7) is 6.25. The van der Waals surface area contributed by atoms with Crippen molar-refractivity contribution in [1.82, 2.24) is 19.7 Å². The van der Waals surface area contributed by atoms with Gasteiger partial charge in [-0.1, -0.05) is 41.0 Å². The standard InChI is InChI=1S/C19H30N4O2.C13H6Cl3F2NO2S/c1-6-22-8-7-9-23(19(22)24)16-10-14-12-21(4)17(13-20(2)3)15(14)11-18(16)25-5;14-7-2-1-3-8(15)11(7)22-9-4-10(13(16,17)18)19-12(21)6(9)5-20/h10-11,17H,6-9,12-13H2,1-5H3;1-5H,(H,19,21). The second kappa shape index (κ2) is 15.6. The normalized spacial score (nSPS) is 16.7. The highest BCUT2D eigenvalue weighted by atomic mass is 35.5. The highest BCUT2D eigenvalue weighted by Gasteiger charge is 2.34. The molecule has 2 aromatic carbocycles. The Bertz CT molecular complexity index is 1670. The number of alkyl halides is 3. The van der Waals surface area contributed by atoms with Crippen molar-refractivity contribution in [3.05, 3.63) is 79.2 Å². The Morgan fingerprint density at radius 1 is 1.15 bits per heavy atom. The van der Waals surface area contributed by atoms with Gasteiger partial charge in [0.05, 0.1) is 28.4 Å². The second-order valence-electron chi connectivity index (χ2n) is 11.3. The van der Waals surface area contributed by atoms with Crippen LogP contribution in [-0.2, 0) is 11.9 Å². The number of carbonyl (C=O) groups is 2. The molecule has 1 fully saturated rings. The van der Waals surface area contributed by atoms with Crippen LogP contribution in [-0.4, -0.2) is 86.4 Å². The molecule has 1 atom stereocenters. The Morgan fingerprint density at radius 3 is 2.40 bits per heavy atom. The third kappa shape index (κ3) is 8.41. The molecule has 9 nitrogen and oxygen atoms in total. The van der Waals surface area contributed by atoms with Gasteiger partial charge in [0.1, 0.15) is 11.4 Å². The number of nitrogens with zero attached hydrogens (tertiary/aromatic N) is 4. The van der Waals surface area contributed by atoms with Gasteiger partial charge < -0.3 is 19.5 Å². The zero-order valence-corrected chi connectivity index (χ0v) is 29.7. The maximum absolute atomic E-state index is 13.2. The number of pyridine rings is 1. The maximum Gasteiger partial charge on any atom is 0.362 e. The van der Waals surface area contributed by atoms with Crippen LogP contribution < -0.4 is 15.2 Å². The summed E-state index contributed by atoms with van der Waals surface area (Å²) in [4.78, 5) is 46.1. The van der Waals surface area contributed by atoms with Crippen molar-refractivity contribution < 1.29 is 23.1 Å². The number of aromatic amines is 1. The molecule has 1 unspecified atom stereocenters. The minimum atomic E-state index is -3.78. The monoisotopic (exact) mass is 729 g/mol. The van der Waals surface area contributed by atoms with E-state index in [1.807, 2.05) is 21.7 Å². The van der Waals surface area contributed by atoms with Crippen molar-refractivity contribution in [3.8, 4) is 5.75 Å². The van der Waals surface area contributed by atoms with Crippen LogP contribution in [0.1, 0.15) is 46.6 Å². The minimum Gasteiger partial charge on any atom is -0.495 e. The second-order valence-corrected chi connectivity index (χ2v) is 13.7. The van der Waals surface area contributed by atoms with E-state index in [1.165, 1.54) is 11.1 Å². The number of aromatic nitrogens is 1. The third-order valence-corrected chi connectivity index (χ3v) is 10.1. The van der Waals surface area contributed by atoms with E-state index < -0.39 is 16.6 Å². The molecule has 1 aromatic heterocycles. The number of fused-ring (bicyclic) bond motifs is 1. The number of rotatable bonds is 9. The molecule has 15 heteroatoms. The summed E-state index contributed by atoms with van der Waals surface area (Å²) in [6, 6.07) is 10.4. The summed E-state index contributed by atoms with van der Waals surface area (Å²) < 4.78 is 32.1. The fourth-order valence-corrected chi connectivity index (χ4v) is 7.24. The lowest BCUT2D eigenvalue weighted by Crippen LogP contribution is -2.49. The third-order valence-electron chi connectivity index (χ3n) is 7.86. The number of hydrogen-bond acceptors (Lipinski definition) is 7. The van der Waals surface area contributed by atoms with Crippen molar-refractivity contribution in [3.63, 3.8) is 0 Å². The molecule has 3 aromatic rings. The fraction of sp³-hybridized carbons (Fsp3) is 0.406. The molecule has 0 bridgehead atoms. The van der Waals surface area contributed by atoms with Gasteiger partial charge >= 0.3 is 11.4 Å². The predicted molar refractivity (Wildman–Crippen MR) is 183 cm³/mol. The Morgan fingerprint density at radius 2 is 1.83 bits per heavy atom. The summed E-state index contributed by atoms with van der Waals surface area (Å²) in [7, 11) is 8.05. The predicted octanol–water partition coefficient (Wildman–Crippen LogP) is 7.33. The Hall–Kier alpha value is -2.87. The zero-order chi connectivity index (χ0) is 34.6. The van der Waals surface area contributed by atoms with E-state index in [2.05, 4.69) is 43.1 Å². The number of nitrogens with one attached hydrogen (secondary N) is 1. The molecule has 0 aliphatic carbocycles. The Labute approximate surface area is 291 Å². The van der Waals surface area contributed by atoms with E-state index in [9.17, 15) is 23.2 Å². The number of amides is 2. The minimum absolute atomic E-state index is 0.0240. The molecule has 1 saturated heterocycles. The van der Waals surface area contributed by atoms with Gasteiger partial charge in [0.2, 0.25) is 0 Å². The van der Waals surface area contributed by atoms with Gasteiger partial charge in [-0.25, -0.2) is 4.79 Å². The number of carbonyl (C=O) groups excluding carboxylic acids is 2. The van der Waals surface area contributed by atoms with Crippen molar-refractivity contribution >= 4 is 64.6 Å². The van der Waals surface area contributed by atoms with Gasteiger partial charge in [-0.05, 0) is 87.5 Å². The number of methoxy groups -OCH3 is 1. The van der Waals surface area contributed by atoms with E-state index in [1.54, 1.807) is 25.3 Å². The topological polar surface area (TPSA) is 89.2 Å². The molecule has 2 amide bonds. The first-order valence-electron chi connectivity index (χ1n) is 14.7. The summed E-state index contributed by atoms with van der Waals surface area (Å²) in [5, 5.41) is -3.26. The summed E-state index contributed by atoms with van der Waals surface area (Å²) in [5.74, 6) is 0.795. The summed E-state index contributed by atoms with van der Waals surface area (Å²) >= 11 is 17.7. The summed E-state index contributed by atoms with van der Waals surface area (Å²) in [5.41, 5.74) is 1.41. The molecule has 254 valence electrons. The van der Waals surface area contributed by atoms with Crippen molar-refractivity contribution in [2.24, 2.45) is 0 Å². The van der Waals surface area contributed by atoms with Gasteiger partial charge in [0, 0.05) is 48.6 Å². The molecule has 47 heavy (non-hydrogen) atoms. The number of hydrogen-bond donors (Lipinski definition) is 1. The lowest BCUT2D eigenvalue weighted by molar-refractivity contribution is 0.0891. The molecular formula is C32H36Cl3F2N5O4S. The van der Waals surface area contributed by atoms with Gasteiger partial charge in [-0.15, -0.1) is 0 Å². The van der Waals surface area contributed by atoms with E-state index in [4.69, 9.17) is 39.5 Å². The van der Waals surface area contributed by atoms with Crippen molar-refractivity contribution in [2.75, 3.05) is 59.3 Å². The number of urea groups is 1. The fourth-order valence-electron chi connectivity index (χ4n) is 5.53. The SMILES string of the molecule is CCN1CCCN(c2cc3c(cc2OC)C(CN(C)C)N(C)C3)C1=O.O=Cc1c(Sc2c(Cl)cccc2Cl)cc(C(F)(F)Cl)[nH]c1=O. The van der Waals surface area contributed by atoms with Crippen LogP contribution in [0.25, 0.3) is 0 Å². The Kier molecular flexibility index (Phi) is 12.2. The Balaban J connectivity index is 0.000000215. The first-order valence-corrected chi connectivity index (χ1v) is 16.7. The van der Waals surface area contributed by atoms with Crippen LogP contribution in [0, 0.1) is 0 Å². The van der Waals surface area contributed by atoms with E-state index >= 15 is 0 Å². The number of benzene rings is 2. The molecule has 5 rings (SSSR count). The number of likely N-dealkylation sites (N-methyl/N-ethyl adjacent to an activating group) is 2. The molecule has 0 saturated carbocycles. The maximum atomic E-state index is 13.2. The summed E-state index contributed by atoms with van der Waals surface area (Å²) in [6.07, 6.45) is 1.26. The molecule has 0 radical (unpaired) electrons. The van der Waals surface area contributed by atoms with Crippen LogP contribution in [0.5, 0.6) is 5.75 Å². The van der Waals surface area contributed by atoms with Crippen molar-refractivity contribution in [2.45, 2.75) is 41.1 Å². The molecule has 1 N–H and O–H groups in total. The van der Waals surface area contributed by atoms with E-state index in [-0.39, 0.29) is 32.8 Å². The number of aldehydes is 1. The smallest absolute Gasteiger partial charge is 0.362 e. The lowest BCUT2D eigenvalue weighted by Gasteiger charge is -2.35. The first kappa shape index (κ1) is 37.0. The number of halogens is 5. The zero-order valence-electron chi connectivity index (χ0n) is 26.6. The van der Waals surface area contributed by atoms with Crippen molar-refractivity contribution in [1.29, 1.82) is 0 Å². The van der Waals surface area contributed by atoms with Crippen LogP contribution in [0.15, 0.2) is 51.0 Å². The molecule has 2 aliphatic rings. The number of anilines is 1. The van der Waals surface area contributed by atoms with Crippen LogP contribution in [0.4, 0.5) is 19.3 Å². The van der Waals surface area contributed by atoms with Gasteiger partial charge in [-0.3, -0.25) is 19.4 Å². The molecule has 2 aliphatic heterocycles. The number of H-pyrrole nitrogens is 1. The van der Waals surface area contributed by atoms with E-state index in [0.717, 1.165) is 68.4 Å². The van der Waals surface area contributed by atoms with Gasteiger partial charge in [0.25, 0.3) is 5.56 Å². The average molecular weight is 731 g/mol. The number of ether oxygens (including phenoxy) is 1. The lowest BCUT2D eigenvalue weighted by atomic mass is 10.0. The highest BCUT2D eigenvalue weighted by molar-refractivity contribution is 7.99.